The standard InChI is InChI=1S/C22H21NO6/c1-8(24)11-4-5-12-10-3-6-13(25)18-17(10)20(23(11)12)19-16(21(18)27)9(2)28-14-7-15(26)29-22(14)19/h3,6,8-9,11,14,22,24,27H,4-5,7H2,1-2H3/t8-,9+,11+,14+,22-/m1/s1. The van der Waals surface area contributed by atoms with Crippen LogP contribution in [0.5, 0.6) is 5.75 Å². The zero-order valence-corrected chi connectivity index (χ0v) is 16.1. The van der Waals surface area contributed by atoms with E-state index >= 15 is 0 Å². The molecule has 5 atom stereocenters. The predicted octanol–water partition coefficient (Wildman–Crippen LogP) is 2.87. The van der Waals surface area contributed by atoms with E-state index in [1.54, 1.807) is 13.0 Å². The van der Waals surface area contributed by atoms with Crippen molar-refractivity contribution in [1.82, 2.24) is 4.57 Å². The predicted molar refractivity (Wildman–Crippen MR) is 103 cm³/mol. The maximum Gasteiger partial charge on any atom is 0.309 e. The van der Waals surface area contributed by atoms with Gasteiger partial charge in [0.1, 0.15) is 11.9 Å². The van der Waals surface area contributed by atoms with Crippen LogP contribution in [0.2, 0.25) is 0 Å². The van der Waals surface area contributed by atoms with Crippen LogP contribution in [0.4, 0.5) is 0 Å². The number of allylic oxidation sites excluding steroid dienone is 1. The van der Waals surface area contributed by atoms with Gasteiger partial charge >= 0.3 is 5.97 Å². The summed E-state index contributed by atoms with van der Waals surface area (Å²) in [6.07, 6.45) is 2.92. The number of hydrogen-bond acceptors (Lipinski definition) is 6. The second-order valence-corrected chi connectivity index (χ2v) is 8.48. The van der Waals surface area contributed by atoms with Crippen LogP contribution in [0.25, 0.3) is 17.0 Å². The van der Waals surface area contributed by atoms with Gasteiger partial charge in [-0.15, -0.1) is 0 Å². The van der Waals surface area contributed by atoms with Gasteiger partial charge in [0.2, 0.25) is 0 Å². The van der Waals surface area contributed by atoms with Crippen LogP contribution in [0.3, 0.4) is 0 Å². The minimum absolute atomic E-state index is 0.0881. The van der Waals surface area contributed by atoms with Gasteiger partial charge < -0.3 is 24.3 Å². The number of nitrogens with zero attached hydrogens (tertiary/aromatic N) is 1. The van der Waals surface area contributed by atoms with E-state index < -0.39 is 24.4 Å². The minimum Gasteiger partial charge on any atom is -0.507 e. The first-order chi connectivity index (χ1) is 13.9. The van der Waals surface area contributed by atoms with Gasteiger partial charge in [-0.3, -0.25) is 9.59 Å². The van der Waals surface area contributed by atoms with E-state index in [1.807, 2.05) is 6.92 Å². The van der Waals surface area contributed by atoms with Gasteiger partial charge in [-0.05, 0) is 38.8 Å². The molecular weight excluding hydrogens is 374 g/mol. The average molecular weight is 395 g/mol. The molecule has 29 heavy (non-hydrogen) atoms. The number of aromatic hydroxyl groups is 1. The number of hydrogen-bond donors (Lipinski definition) is 2. The van der Waals surface area contributed by atoms with Crippen molar-refractivity contribution < 1.29 is 29.3 Å². The summed E-state index contributed by atoms with van der Waals surface area (Å²) in [6.45, 7) is 3.59. The van der Waals surface area contributed by atoms with Crippen molar-refractivity contribution in [2.45, 2.75) is 63.6 Å². The first-order valence-corrected chi connectivity index (χ1v) is 10.1. The summed E-state index contributed by atoms with van der Waals surface area (Å²) in [5.74, 6) is -0.673. The number of phenols is 1. The topological polar surface area (TPSA) is 98.0 Å². The zero-order chi connectivity index (χ0) is 20.2. The van der Waals surface area contributed by atoms with E-state index in [0.717, 1.165) is 35.2 Å². The minimum atomic E-state index is -0.628. The molecule has 1 aromatic heterocycles. The van der Waals surface area contributed by atoms with Crippen molar-refractivity contribution in [3.63, 3.8) is 0 Å². The molecule has 1 aliphatic carbocycles. The highest BCUT2D eigenvalue weighted by Crippen LogP contribution is 2.55. The molecule has 7 heteroatoms. The van der Waals surface area contributed by atoms with Crippen molar-refractivity contribution in [2.75, 3.05) is 0 Å². The summed E-state index contributed by atoms with van der Waals surface area (Å²) in [5.41, 5.74) is 4.26. The Hall–Kier alpha value is -2.64. The number of rotatable bonds is 1. The van der Waals surface area contributed by atoms with Gasteiger partial charge in [0, 0.05) is 27.8 Å². The monoisotopic (exact) mass is 395 g/mol. The number of phenolic OH excluding ortho intramolecular Hbond substituents is 1. The average Bonchev–Trinajstić information content (AvgIpc) is 3.32. The van der Waals surface area contributed by atoms with Crippen LogP contribution in [-0.4, -0.2) is 38.7 Å². The van der Waals surface area contributed by atoms with Crippen LogP contribution in [-0.2, 0) is 20.7 Å². The molecule has 0 saturated carbocycles. The summed E-state index contributed by atoms with van der Waals surface area (Å²) < 4.78 is 13.7. The maximum atomic E-state index is 12.8. The van der Waals surface area contributed by atoms with Crippen LogP contribution >= 0.6 is 0 Å². The third-order valence-corrected chi connectivity index (χ3v) is 6.88. The van der Waals surface area contributed by atoms with Gasteiger partial charge in [0.25, 0.3) is 0 Å². The first kappa shape index (κ1) is 17.2. The fraction of sp³-hybridized carbons (Fsp3) is 0.455. The molecule has 4 heterocycles. The molecule has 0 amide bonds. The Morgan fingerprint density at radius 2 is 2.03 bits per heavy atom. The SMILES string of the molecule is C[C@@H]1O[C@H]2CC(=O)O[C@H]2c2c1c(O)c1c3c(c4n(c23)[C@H]([C@@H](C)O)CC4)C=CC1=O. The van der Waals surface area contributed by atoms with E-state index in [1.165, 1.54) is 6.08 Å². The Kier molecular flexibility index (Phi) is 3.26. The molecule has 2 N–H and O–H groups in total. The Balaban J connectivity index is 1.80. The highest BCUT2D eigenvalue weighted by molar-refractivity contribution is 6.23. The summed E-state index contributed by atoms with van der Waals surface area (Å²) in [5, 5.41) is 22.3. The number of aliphatic hydroxyl groups is 1. The molecule has 1 fully saturated rings. The Morgan fingerprint density at radius 3 is 2.79 bits per heavy atom. The number of fused-ring (bicyclic) bond motifs is 7. The molecule has 0 unspecified atom stereocenters. The number of aliphatic hydroxyl groups excluding tert-OH is 1. The van der Waals surface area contributed by atoms with Crippen LogP contribution in [0, 0.1) is 0 Å². The quantitative estimate of drug-likeness (QED) is 0.721. The fourth-order valence-electron chi connectivity index (χ4n) is 5.77. The van der Waals surface area contributed by atoms with E-state index in [2.05, 4.69) is 4.57 Å². The van der Waals surface area contributed by atoms with Crippen molar-refractivity contribution in [1.29, 1.82) is 0 Å². The maximum absolute atomic E-state index is 12.8. The van der Waals surface area contributed by atoms with Crippen molar-refractivity contribution >= 4 is 28.7 Å². The van der Waals surface area contributed by atoms with E-state index in [0.29, 0.717) is 10.9 Å². The molecule has 6 rings (SSSR count). The first-order valence-electron chi connectivity index (χ1n) is 10.1. The normalized spacial score (nSPS) is 30.3. The lowest BCUT2D eigenvalue weighted by molar-refractivity contribution is -0.143. The van der Waals surface area contributed by atoms with Gasteiger partial charge in [-0.1, -0.05) is 0 Å². The van der Waals surface area contributed by atoms with Gasteiger partial charge in [0.05, 0.1) is 35.8 Å². The van der Waals surface area contributed by atoms with Gasteiger partial charge in [-0.2, -0.15) is 0 Å². The number of esters is 1. The highest BCUT2D eigenvalue weighted by atomic mass is 16.6. The molecule has 2 aromatic rings. The molecule has 1 aromatic carbocycles. The lowest BCUT2D eigenvalue weighted by atomic mass is 9.83. The molecule has 0 bridgehead atoms. The van der Waals surface area contributed by atoms with Crippen LogP contribution < -0.4 is 0 Å². The Bertz CT molecular complexity index is 1160. The van der Waals surface area contributed by atoms with Crippen LogP contribution in [0.1, 0.15) is 77.7 Å². The smallest absolute Gasteiger partial charge is 0.309 e. The van der Waals surface area contributed by atoms with Gasteiger partial charge in [0.15, 0.2) is 11.9 Å². The van der Waals surface area contributed by atoms with Crippen LogP contribution in [0.15, 0.2) is 6.08 Å². The Labute approximate surface area is 166 Å². The summed E-state index contributed by atoms with van der Waals surface area (Å²) >= 11 is 0. The molecule has 7 nitrogen and oxygen atoms in total. The molecular formula is C22H21NO6. The van der Waals surface area contributed by atoms with E-state index in [9.17, 15) is 19.8 Å². The van der Waals surface area contributed by atoms with Crippen molar-refractivity contribution in [2.24, 2.45) is 0 Å². The Morgan fingerprint density at radius 1 is 1.24 bits per heavy atom. The second-order valence-electron chi connectivity index (χ2n) is 8.48. The van der Waals surface area contributed by atoms with E-state index in [-0.39, 0.29) is 35.5 Å². The number of aromatic nitrogens is 1. The summed E-state index contributed by atoms with van der Waals surface area (Å²) in [7, 11) is 0. The zero-order valence-electron chi connectivity index (χ0n) is 16.1. The lowest BCUT2D eigenvalue weighted by Crippen LogP contribution is -2.28. The number of ether oxygens (including phenoxy) is 2. The third-order valence-electron chi connectivity index (χ3n) is 6.88. The highest BCUT2D eigenvalue weighted by Gasteiger charge is 2.48. The van der Waals surface area contributed by atoms with Crippen molar-refractivity contribution in [3.05, 3.63) is 34.0 Å². The number of ketones is 1. The number of carbonyl (C=O) groups excluding carboxylic acids is 2. The summed E-state index contributed by atoms with van der Waals surface area (Å²) in [4.78, 5) is 24.8. The van der Waals surface area contributed by atoms with E-state index in [4.69, 9.17) is 9.47 Å². The third kappa shape index (κ3) is 1.99. The molecule has 4 aliphatic rings. The largest absolute Gasteiger partial charge is 0.507 e. The lowest BCUT2D eigenvalue weighted by Gasteiger charge is -2.34. The molecule has 0 spiro atoms. The second kappa shape index (κ2) is 5.49. The molecule has 150 valence electrons. The number of carbonyl (C=O) groups is 2. The molecule has 3 aliphatic heterocycles. The molecule has 0 radical (unpaired) electrons. The fourth-order valence-corrected chi connectivity index (χ4v) is 5.77. The van der Waals surface area contributed by atoms with Crippen molar-refractivity contribution in [3.8, 4) is 5.75 Å². The van der Waals surface area contributed by atoms with Gasteiger partial charge in [-0.25, -0.2) is 0 Å². The number of benzene rings is 1. The molecule has 1 saturated heterocycles. The summed E-state index contributed by atoms with van der Waals surface area (Å²) in [6, 6.07) is -0.141.